The Bertz CT molecular complexity index is 1150. The van der Waals surface area contributed by atoms with E-state index in [9.17, 15) is 19.5 Å². The average Bonchev–Trinajstić information content (AvgIpc) is 2.83. The van der Waals surface area contributed by atoms with Gasteiger partial charge in [0.15, 0.2) is 11.6 Å². The third-order valence-electron chi connectivity index (χ3n) is 6.45. The first-order valence-electron chi connectivity index (χ1n) is 10.9. The molecule has 0 spiro atoms. The molecule has 168 valence electrons. The van der Waals surface area contributed by atoms with E-state index in [1.165, 1.54) is 6.92 Å². The number of Topliss-reactive ketones (excluding diaryl/α,β-unsaturated/α-hetero) is 3. The molecule has 0 unspecified atom stereocenters. The normalized spacial score (nSPS) is 24.8. The molecule has 0 bridgehead atoms. The van der Waals surface area contributed by atoms with Gasteiger partial charge in [-0.15, -0.1) is 0 Å². The molecule has 33 heavy (non-hydrogen) atoms. The van der Waals surface area contributed by atoms with Gasteiger partial charge >= 0.3 is 0 Å². The van der Waals surface area contributed by atoms with Gasteiger partial charge in [-0.1, -0.05) is 72.8 Å². The van der Waals surface area contributed by atoms with E-state index in [0.29, 0.717) is 22.4 Å². The zero-order chi connectivity index (χ0) is 23.6. The van der Waals surface area contributed by atoms with Crippen molar-refractivity contribution >= 4 is 17.3 Å². The van der Waals surface area contributed by atoms with E-state index in [0.717, 1.165) is 0 Å². The minimum absolute atomic E-state index is 0.272. The molecule has 5 heteroatoms. The Hall–Kier alpha value is -3.57. The summed E-state index contributed by atoms with van der Waals surface area (Å²) in [4.78, 5) is 40.6. The van der Waals surface area contributed by atoms with Crippen molar-refractivity contribution in [2.75, 3.05) is 7.11 Å². The van der Waals surface area contributed by atoms with Crippen molar-refractivity contribution in [2.45, 2.75) is 24.9 Å². The molecule has 1 N–H and O–H groups in total. The molecule has 1 fully saturated rings. The number of ketones is 3. The van der Waals surface area contributed by atoms with Crippen LogP contribution in [0.25, 0.3) is 0 Å². The smallest absolute Gasteiger partial charge is 0.173 e. The lowest BCUT2D eigenvalue weighted by molar-refractivity contribution is -0.134. The summed E-state index contributed by atoms with van der Waals surface area (Å²) < 4.78 is 5.26. The lowest BCUT2D eigenvalue weighted by Crippen LogP contribution is -2.54. The predicted octanol–water partition coefficient (Wildman–Crippen LogP) is 4.50. The minimum atomic E-state index is -1.61. The second-order valence-electron chi connectivity index (χ2n) is 8.72. The van der Waals surface area contributed by atoms with E-state index in [2.05, 4.69) is 0 Å². The number of hydrogen-bond acceptors (Lipinski definition) is 5. The number of benzene rings is 3. The van der Waals surface area contributed by atoms with Gasteiger partial charge in [0.2, 0.25) is 0 Å². The van der Waals surface area contributed by atoms with E-state index in [1.54, 1.807) is 86.0 Å². The van der Waals surface area contributed by atoms with Gasteiger partial charge in [0, 0.05) is 23.5 Å². The van der Waals surface area contributed by atoms with Gasteiger partial charge in [-0.2, -0.15) is 0 Å². The maximum atomic E-state index is 13.7. The van der Waals surface area contributed by atoms with Gasteiger partial charge in [0.1, 0.15) is 11.5 Å². The highest BCUT2D eigenvalue weighted by Crippen LogP contribution is 2.48. The maximum absolute atomic E-state index is 13.7. The number of methoxy groups -OCH3 is 1. The highest BCUT2D eigenvalue weighted by molar-refractivity contribution is 6.13. The Morgan fingerprint density at radius 2 is 1.36 bits per heavy atom. The van der Waals surface area contributed by atoms with Crippen molar-refractivity contribution in [3.8, 4) is 5.75 Å². The number of carbonyl (C=O) groups excluding carboxylic acids is 3. The van der Waals surface area contributed by atoms with Crippen LogP contribution in [0.3, 0.4) is 0 Å². The molecule has 1 aliphatic rings. The van der Waals surface area contributed by atoms with Gasteiger partial charge in [0.05, 0.1) is 24.5 Å². The van der Waals surface area contributed by atoms with Crippen LogP contribution in [0.5, 0.6) is 5.75 Å². The van der Waals surface area contributed by atoms with Gasteiger partial charge in [0.25, 0.3) is 0 Å². The van der Waals surface area contributed by atoms with E-state index < -0.39 is 23.4 Å². The molecule has 0 aromatic heterocycles. The minimum Gasteiger partial charge on any atom is -0.497 e. The zero-order valence-electron chi connectivity index (χ0n) is 18.6. The molecule has 1 aliphatic carbocycles. The quantitative estimate of drug-likeness (QED) is 0.449. The molecule has 0 saturated heterocycles. The Balaban J connectivity index is 1.88. The fraction of sp³-hybridized carbons (Fsp3) is 0.250. The Morgan fingerprint density at radius 3 is 1.88 bits per heavy atom. The average molecular weight is 443 g/mol. The number of aliphatic hydroxyl groups is 1. The summed E-state index contributed by atoms with van der Waals surface area (Å²) in [6, 6.07) is 24.3. The first-order valence-corrected chi connectivity index (χ1v) is 10.9. The Kier molecular flexibility index (Phi) is 6.25. The SMILES string of the molecule is COc1ccc([C@@H]2[C@H](C(=O)c3ccccc3)C(=O)C[C@](C)(O)[C@@H]2C(=O)c2ccccc2)cc1. The molecule has 3 aromatic rings. The number of carbonyl (C=O) groups is 3. The zero-order valence-corrected chi connectivity index (χ0v) is 18.6. The highest BCUT2D eigenvalue weighted by atomic mass is 16.5. The topological polar surface area (TPSA) is 80.7 Å². The molecule has 0 radical (unpaired) electrons. The van der Waals surface area contributed by atoms with Crippen molar-refractivity contribution in [3.63, 3.8) is 0 Å². The highest BCUT2D eigenvalue weighted by Gasteiger charge is 2.55. The van der Waals surface area contributed by atoms with Gasteiger partial charge in [-0.25, -0.2) is 0 Å². The lowest BCUT2D eigenvalue weighted by atomic mass is 9.58. The molecule has 4 atom stereocenters. The van der Waals surface area contributed by atoms with Gasteiger partial charge in [-0.3, -0.25) is 14.4 Å². The van der Waals surface area contributed by atoms with Crippen LogP contribution >= 0.6 is 0 Å². The van der Waals surface area contributed by atoms with Crippen LogP contribution in [-0.2, 0) is 4.79 Å². The first-order chi connectivity index (χ1) is 15.8. The summed E-state index contributed by atoms with van der Waals surface area (Å²) in [6.45, 7) is 1.51. The van der Waals surface area contributed by atoms with Gasteiger partial charge < -0.3 is 9.84 Å². The lowest BCUT2D eigenvalue weighted by Gasteiger charge is -2.45. The number of rotatable bonds is 6. The molecule has 0 aliphatic heterocycles. The summed E-state index contributed by atoms with van der Waals surface area (Å²) in [5, 5.41) is 11.4. The standard InChI is InChI=1S/C28H26O5/c1-28(32)17-22(29)24(26(30)19-9-5-3-6-10-19)23(18-13-15-21(33-2)16-14-18)25(28)27(31)20-11-7-4-8-12-20/h3-16,23-25,32H,17H2,1-2H3/t23-,24-,25+,28+/m1/s1. The largest absolute Gasteiger partial charge is 0.497 e. The van der Waals surface area contributed by atoms with Crippen LogP contribution < -0.4 is 4.74 Å². The molecular formula is C28H26O5. The fourth-order valence-corrected chi connectivity index (χ4v) is 4.88. The molecule has 0 amide bonds. The van der Waals surface area contributed by atoms with Crippen LogP contribution in [0.1, 0.15) is 45.5 Å². The van der Waals surface area contributed by atoms with Crippen molar-refractivity contribution < 1.29 is 24.2 Å². The van der Waals surface area contributed by atoms with Crippen LogP contribution in [0.4, 0.5) is 0 Å². The molecular weight excluding hydrogens is 416 g/mol. The predicted molar refractivity (Wildman–Crippen MR) is 125 cm³/mol. The van der Waals surface area contributed by atoms with Crippen molar-refractivity contribution in [1.82, 2.24) is 0 Å². The van der Waals surface area contributed by atoms with Crippen molar-refractivity contribution in [3.05, 3.63) is 102 Å². The monoisotopic (exact) mass is 442 g/mol. The second kappa shape index (κ2) is 9.12. The van der Waals surface area contributed by atoms with Crippen molar-refractivity contribution in [1.29, 1.82) is 0 Å². The summed E-state index contributed by atoms with van der Waals surface area (Å²) in [6.07, 6.45) is -0.272. The van der Waals surface area contributed by atoms with Gasteiger partial charge in [-0.05, 0) is 24.6 Å². The second-order valence-corrected chi connectivity index (χ2v) is 8.72. The molecule has 4 rings (SSSR count). The summed E-state index contributed by atoms with van der Waals surface area (Å²) in [5.41, 5.74) is -0.140. The van der Waals surface area contributed by atoms with Crippen LogP contribution in [0.2, 0.25) is 0 Å². The van der Waals surface area contributed by atoms with Crippen molar-refractivity contribution in [2.24, 2.45) is 11.8 Å². The summed E-state index contributed by atoms with van der Waals surface area (Å²) in [5.74, 6) is -3.28. The van der Waals surface area contributed by atoms with E-state index in [4.69, 9.17) is 4.74 Å². The van der Waals surface area contributed by atoms with Crippen LogP contribution in [0.15, 0.2) is 84.9 Å². The van der Waals surface area contributed by atoms with E-state index >= 15 is 0 Å². The Labute approximate surface area is 193 Å². The third kappa shape index (κ3) is 4.37. The summed E-state index contributed by atoms with van der Waals surface area (Å²) >= 11 is 0. The molecule has 1 saturated carbocycles. The molecule has 5 nitrogen and oxygen atoms in total. The molecule has 3 aromatic carbocycles. The van der Waals surface area contributed by atoms with Crippen LogP contribution in [-0.4, -0.2) is 35.2 Å². The number of hydrogen-bond donors (Lipinski definition) is 1. The number of ether oxygens (including phenoxy) is 1. The van der Waals surface area contributed by atoms with E-state index in [1.807, 2.05) is 6.07 Å². The maximum Gasteiger partial charge on any atom is 0.173 e. The fourth-order valence-electron chi connectivity index (χ4n) is 4.88. The van der Waals surface area contributed by atoms with E-state index in [-0.39, 0.29) is 23.8 Å². The first kappa shape index (κ1) is 22.6. The molecule has 0 heterocycles. The van der Waals surface area contributed by atoms with Crippen LogP contribution in [0, 0.1) is 11.8 Å². The summed E-state index contributed by atoms with van der Waals surface area (Å²) in [7, 11) is 1.55. The Morgan fingerprint density at radius 1 is 0.848 bits per heavy atom. The third-order valence-corrected chi connectivity index (χ3v) is 6.45.